The Morgan fingerprint density at radius 1 is 0.750 bits per heavy atom. The number of aryl methyl sites for hydroxylation is 2. The summed E-state index contributed by atoms with van der Waals surface area (Å²) >= 11 is 0. The second-order valence-corrected chi connectivity index (χ2v) is 12.3. The normalized spacial score (nSPS) is 13.5. The second kappa shape index (κ2) is 20.0. The fourth-order valence-corrected chi connectivity index (χ4v) is 6.13. The standard InChI is InChI=1S/C37H55N4O3/c1-4-31(34-18-26-41(27-19-34)22-10-6-8-12-36(42)39-5-2)29-35(33-14-20-38-21-15-33)28-30(3)32-16-24-40(25-17-32)23-11-7-9-13-37(43)44/h14-21,24-27,30-31,35,37,43-44H,4-13,22-23,28-29H2,1-3H3/q+1/p+1. The van der Waals surface area contributed by atoms with Gasteiger partial charge in [-0.3, -0.25) is 9.78 Å². The number of aliphatic hydroxyl groups excluding tert-OH is 1. The van der Waals surface area contributed by atoms with Gasteiger partial charge in [0.1, 0.15) is 13.1 Å². The lowest BCUT2D eigenvalue weighted by Crippen LogP contribution is -2.32. The van der Waals surface area contributed by atoms with Gasteiger partial charge in [0.25, 0.3) is 0 Å². The van der Waals surface area contributed by atoms with E-state index in [1.165, 1.54) is 16.7 Å². The van der Waals surface area contributed by atoms with Crippen LogP contribution in [0, 0.1) is 0 Å². The fourth-order valence-electron chi connectivity index (χ4n) is 6.13. The van der Waals surface area contributed by atoms with Crippen LogP contribution in [-0.2, 0) is 17.9 Å². The highest BCUT2D eigenvalue weighted by Crippen LogP contribution is 2.38. The van der Waals surface area contributed by atoms with E-state index >= 15 is 0 Å². The van der Waals surface area contributed by atoms with E-state index in [2.05, 4.69) is 94.5 Å². The smallest absolute Gasteiger partial charge is 0.219 e. The molecule has 0 aromatic carbocycles. The van der Waals surface area contributed by atoms with Crippen molar-refractivity contribution in [2.45, 2.75) is 129 Å². The highest BCUT2D eigenvalue weighted by Gasteiger charge is 2.23. The van der Waals surface area contributed by atoms with Gasteiger partial charge in [-0.05, 0) is 105 Å². The molecule has 0 radical (unpaired) electrons. The van der Waals surface area contributed by atoms with E-state index in [4.69, 9.17) is 10.2 Å². The lowest BCUT2D eigenvalue weighted by Gasteiger charge is -2.26. The molecule has 3 heterocycles. The Morgan fingerprint density at radius 2 is 1.32 bits per heavy atom. The first-order valence-corrected chi connectivity index (χ1v) is 16.9. The van der Waals surface area contributed by atoms with Crippen molar-refractivity contribution in [2.24, 2.45) is 0 Å². The van der Waals surface area contributed by atoms with Gasteiger partial charge < -0.3 is 15.5 Å². The molecule has 3 atom stereocenters. The number of hydrogen-bond acceptors (Lipinski definition) is 4. The quantitative estimate of drug-likeness (QED) is 0.0781. The van der Waals surface area contributed by atoms with Gasteiger partial charge in [-0.2, -0.15) is 0 Å². The molecule has 3 N–H and O–H groups in total. The summed E-state index contributed by atoms with van der Waals surface area (Å²) in [5, 5.41) is 20.9. The maximum absolute atomic E-state index is 11.6. The van der Waals surface area contributed by atoms with Gasteiger partial charge in [0, 0.05) is 62.5 Å². The van der Waals surface area contributed by atoms with Crippen molar-refractivity contribution in [1.29, 1.82) is 0 Å². The van der Waals surface area contributed by atoms with E-state index in [0.717, 1.165) is 70.9 Å². The molecule has 1 amide bonds. The van der Waals surface area contributed by atoms with Crippen molar-refractivity contribution < 1.29 is 24.1 Å². The SMILES string of the molecule is CCNC(=O)CCCCC[n+]1ccc(C(CC)CC(CC(C)c2cc[n+](CCCCCC(O)O)cc2)c2ccncc2)cc1. The van der Waals surface area contributed by atoms with Crippen LogP contribution in [0.15, 0.2) is 73.6 Å². The molecular weight excluding hydrogens is 548 g/mol. The first-order chi connectivity index (χ1) is 21.4. The van der Waals surface area contributed by atoms with Crippen LogP contribution in [0.3, 0.4) is 0 Å². The third-order valence-electron chi connectivity index (χ3n) is 8.82. The van der Waals surface area contributed by atoms with Gasteiger partial charge in [-0.15, -0.1) is 0 Å². The third-order valence-corrected chi connectivity index (χ3v) is 8.82. The Labute approximate surface area is 265 Å². The minimum Gasteiger partial charge on any atom is -0.368 e. The number of aliphatic hydroxyl groups is 2. The molecule has 44 heavy (non-hydrogen) atoms. The molecule has 240 valence electrons. The van der Waals surface area contributed by atoms with E-state index < -0.39 is 6.29 Å². The summed E-state index contributed by atoms with van der Waals surface area (Å²) in [4.78, 5) is 15.9. The van der Waals surface area contributed by atoms with Crippen molar-refractivity contribution in [3.63, 3.8) is 0 Å². The number of pyridine rings is 3. The maximum Gasteiger partial charge on any atom is 0.219 e. The summed E-state index contributed by atoms with van der Waals surface area (Å²) in [7, 11) is 0. The Hall–Kier alpha value is -3.16. The van der Waals surface area contributed by atoms with Gasteiger partial charge in [-0.25, -0.2) is 9.13 Å². The van der Waals surface area contributed by atoms with Crippen LogP contribution in [0.1, 0.15) is 126 Å². The van der Waals surface area contributed by atoms with Crippen LogP contribution in [0.4, 0.5) is 0 Å². The number of unbranched alkanes of at least 4 members (excludes halogenated alkanes) is 4. The second-order valence-electron chi connectivity index (χ2n) is 12.3. The number of nitrogens with zero attached hydrogens (tertiary/aromatic N) is 3. The summed E-state index contributed by atoms with van der Waals surface area (Å²) in [5.74, 6) is 1.51. The van der Waals surface area contributed by atoms with E-state index in [1.807, 2.05) is 19.3 Å². The lowest BCUT2D eigenvalue weighted by atomic mass is 9.79. The molecule has 0 fully saturated rings. The maximum atomic E-state index is 11.6. The Kier molecular flexibility index (Phi) is 16.0. The lowest BCUT2D eigenvalue weighted by molar-refractivity contribution is -0.697. The van der Waals surface area contributed by atoms with Crippen LogP contribution >= 0.6 is 0 Å². The summed E-state index contributed by atoms with van der Waals surface area (Å²) < 4.78 is 4.50. The van der Waals surface area contributed by atoms with Crippen LogP contribution in [0.2, 0.25) is 0 Å². The first-order valence-electron chi connectivity index (χ1n) is 16.9. The molecule has 0 aliphatic carbocycles. The molecule has 0 aliphatic heterocycles. The van der Waals surface area contributed by atoms with Crippen molar-refractivity contribution in [3.8, 4) is 0 Å². The van der Waals surface area contributed by atoms with Crippen molar-refractivity contribution in [2.75, 3.05) is 6.54 Å². The molecule has 0 saturated heterocycles. The molecule has 0 saturated carbocycles. The van der Waals surface area contributed by atoms with Crippen LogP contribution in [0.25, 0.3) is 0 Å². The average Bonchev–Trinajstić information content (AvgIpc) is 3.03. The molecule has 0 spiro atoms. The van der Waals surface area contributed by atoms with E-state index in [-0.39, 0.29) is 5.91 Å². The van der Waals surface area contributed by atoms with Gasteiger partial charge in [0.2, 0.25) is 5.91 Å². The predicted molar refractivity (Wildman–Crippen MR) is 175 cm³/mol. The van der Waals surface area contributed by atoms with Crippen LogP contribution < -0.4 is 14.5 Å². The first kappa shape index (κ1) is 35.3. The van der Waals surface area contributed by atoms with Crippen molar-refractivity contribution >= 4 is 5.91 Å². The molecule has 3 unspecified atom stereocenters. The number of carbonyl (C=O) groups excluding carboxylic acids is 1. The zero-order valence-electron chi connectivity index (χ0n) is 27.3. The molecule has 3 aromatic rings. The van der Waals surface area contributed by atoms with Crippen LogP contribution in [0.5, 0.6) is 0 Å². The summed E-state index contributed by atoms with van der Waals surface area (Å²) in [5.41, 5.74) is 4.13. The topological polar surface area (TPSA) is 90.2 Å². The van der Waals surface area contributed by atoms with Gasteiger partial charge in [-0.1, -0.05) is 13.8 Å². The zero-order chi connectivity index (χ0) is 31.6. The largest absolute Gasteiger partial charge is 0.368 e. The number of hydrogen-bond donors (Lipinski definition) is 3. The van der Waals surface area contributed by atoms with Gasteiger partial charge in [0.05, 0.1) is 0 Å². The zero-order valence-corrected chi connectivity index (χ0v) is 27.3. The number of nitrogens with one attached hydrogen (secondary N) is 1. The minimum absolute atomic E-state index is 0.159. The summed E-state index contributed by atoms with van der Waals surface area (Å²) in [6.45, 7) is 9.24. The molecule has 0 bridgehead atoms. The molecule has 3 rings (SSSR count). The summed E-state index contributed by atoms with van der Waals surface area (Å²) in [6, 6.07) is 13.5. The predicted octanol–water partition coefficient (Wildman–Crippen LogP) is 6.09. The third kappa shape index (κ3) is 12.8. The highest BCUT2D eigenvalue weighted by molar-refractivity contribution is 5.75. The average molecular weight is 605 g/mol. The minimum atomic E-state index is -1.19. The Morgan fingerprint density at radius 3 is 1.89 bits per heavy atom. The van der Waals surface area contributed by atoms with Gasteiger partial charge in [0.15, 0.2) is 31.1 Å². The molecular formula is C37H56N4O3+2. The van der Waals surface area contributed by atoms with E-state index in [9.17, 15) is 4.79 Å². The number of carbonyl (C=O) groups is 1. The van der Waals surface area contributed by atoms with Crippen LogP contribution in [-0.4, -0.2) is 33.9 Å². The van der Waals surface area contributed by atoms with Crippen molar-refractivity contribution in [3.05, 3.63) is 90.3 Å². The molecule has 7 heteroatoms. The monoisotopic (exact) mass is 604 g/mol. The van der Waals surface area contributed by atoms with Gasteiger partial charge >= 0.3 is 0 Å². The molecule has 7 nitrogen and oxygen atoms in total. The number of aromatic nitrogens is 3. The fraction of sp³-hybridized carbons (Fsp3) is 0.568. The number of rotatable bonds is 21. The molecule has 0 aliphatic rings. The Bertz CT molecular complexity index is 1190. The van der Waals surface area contributed by atoms with Crippen molar-refractivity contribution in [1.82, 2.24) is 10.3 Å². The molecule has 3 aromatic heterocycles. The number of amides is 1. The highest BCUT2D eigenvalue weighted by atomic mass is 16.5. The summed E-state index contributed by atoms with van der Waals surface area (Å²) in [6.07, 6.45) is 21.8. The van der Waals surface area contributed by atoms with E-state index in [0.29, 0.717) is 37.1 Å². The van der Waals surface area contributed by atoms with E-state index in [1.54, 1.807) is 0 Å². The Balaban J connectivity index is 1.56.